The number of imide groups is 1. The predicted octanol–water partition coefficient (Wildman–Crippen LogP) is 2.99. The molecule has 2 fully saturated rings. The summed E-state index contributed by atoms with van der Waals surface area (Å²) in [7, 11) is 1.57. The molecule has 8 heteroatoms. The topological polar surface area (TPSA) is 97.0 Å². The lowest BCUT2D eigenvalue weighted by atomic mass is 9.77. The van der Waals surface area contributed by atoms with E-state index in [-0.39, 0.29) is 24.9 Å². The third kappa shape index (κ3) is 5.29. The van der Waals surface area contributed by atoms with Gasteiger partial charge in [0, 0.05) is 6.54 Å². The summed E-state index contributed by atoms with van der Waals surface area (Å²) in [5, 5.41) is 5.62. The Bertz CT molecular complexity index is 817. The maximum Gasteiger partial charge on any atom is 0.325 e. The van der Waals surface area contributed by atoms with Crippen LogP contribution in [-0.2, 0) is 16.1 Å². The summed E-state index contributed by atoms with van der Waals surface area (Å²) < 4.78 is 11.1. The van der Waals surface area contributed by atoms with Crippen molar-refractivity contribution in [2.24, 2.45) is 5.92 Å². The van der Waals surface area contributed by atoms with Crippen molar-refractivity contribution in [1.29, 1.82) is 0 Å². The summed E-state index contributed by atoms with van der Waals surface area (Å²) in [6.07, 6.45) is 5.05. The van der Waals surface area contributed by atoms with Crippen molar-refractivity contribution in [2.75, 3.05) is 20.3 Å². The molecule has 3 rings (SSSR count). The number of benzene rings is 1. The number of ether oxygens (including phenoxy) is 2. The van der Waals surface area contributed by atoms with Crippen LogP contribution in [0.25, 0.3) is 0 Å². The van der Waals surface area contributed by atoms with Gasteiger partial charge < -0.3 is 20.1 Å². The lowest BCUT2D eigenvalue weighted by molar-refractivity contribution is -0.136. The molecule has 1 spiro atoms. The largest absolute Gasteiger partial charge is 0.493 e. The van der Waals surface area contributed by atoms with Gasteiger partial charge in [0.25, 0.3) is 5.91 Å². The molecule has 1 aliphatic carbocycles. The molecular formula is C23H33N3O5. The van der Waals surface area contributed by atoms with Gasteiger partial charge in [0.1, 0.15) is 12.1 Å². The molecule has 1 aromatic rings. The zero-order valence-electron chi connectivity index (χ0n) is 18.7. The molecule has 1 saturated carbocycles. The number of methoxy groups -OCH3 is 1. The highest BCUT2D eigenvalue weighted by Crippen LogP contribution is 2.36. The van der Waals surface area contributed by atoms with Crippen molar-refractivity contribution in [3.63, 3.8) is 0 Å². The smallest absolute Gasteiger partial charge is 0.325 e. The standard InChI is InChI=1S/C23H33N3O5/c1-4-5-12-31-18-7-6-17(13-19(18)30-3)14-24-20(27)15-26-21(28)23(25-22(26)29)10-8-16(2)9-11-23/h6-7,13,16H,4-5,8-12,14-15H2,1-3H3,(H,24,27)(H,25,29). The second-order valence-corrected chi connectivity index (χ2v) is 8.55. The lowest BCUT2D eigenvalue weighted by Crippen LogP contribution is -2.49. The van der Waals surface area contributed by atoms with E-state index in [9.17, 15) is 14.4 Å². The summed E-state index contributed by atoms with van der Waals surface area (Å²) in [5.41, 5.74) is 0.00757. The Labute approximate surface area is 183 Å². The summed E-state index contributed by atoms with van der Waals surface area (Å²) in [6.45, 7) is 4.85. The molecule has 1 saturated heterocycles. The van der Waals surface area contributed by atoms with Gasteiger partial charge in [-0.25, -0.2) is 4.79 Å². The first kappa shape index (κ1) is 22.9. The van der Waals surface area contributed by atoms with E-state index in [2.05, 4.69) is 24.5 Å². The Kier molecular flexibility index (Phi) is 7.41. The fourth-order valence-corrected chi connectivity index (χ4v) is 4.08. The third-order valence-electron chi connectivity index (χ3n) is 6.15. The molecule has 1 aromatic carbocycles. The van der Waals surface area contributed by atoms with E-state index in [1.165, 1.54) is 0 Å². The molecule has 1 aliphatic heterocycles. The predicted molar refractivity (Wildman–Crippen MR) is 116 cm³/mol. The van der Waals surface area contributed by atoms with Gasteiger partial charge in [0.2, 0.25) is 5.91 Å². The van der Waals surface area contributed by atoms with Crippen LogP contribution < -0.4 is 20.1 Å². The third-order valence-corrected chi connectivity index (χ3v) is 6.15. The van der Waals surface area contributed by atoms with Crippen LogP contribution in [0.3, 0.4) is 0 Å². The highest BCUT2D eigenvalue weighted by atomic mass is 16.5. The Balaban J connectivity index is 1.54. The molecule has 0 bridgehead atoms. The first-order valence-corrected chi connectivity index (χ1v) is 11.1. The quantitative estimate of drug-likeness (QED) is 0.463. The number of nitrogens with one attached hydrogen (secondary N) is 2. The molecule has 0 atom stereocenters. The summed E-state index contributed by atoms with van der Waals surface area (Å²) in [5.74, 6) is 1.15. The first-order chi connectivity index (χ1) is 14.9. The van der Waals surface area contributed by atoms with Gasteiger partial charge in [-0.05, 0) is 55.7 Å². The van der Waals surface area contributed by atoms with Crippen molar-refractivity contribution in [2.45, 2.75) is 64.5 Å². The number of hydrogen-bond donors (Lipinski definition) is 2. The lowest BCUT2D eigenvalue weighted by Gasteiger charge is -2.33. The number of amides is 4. The molecular weight excluding hydrogens is 398 g/mol. The van der Waals surface area contributed by atoms with Gasteiger partial charge in [-0.3, -0.25) is 14.5 Å². The van der Waals surface area contributed by atoms with Crippen LogP contribution in [0, 0.1) is 5.92 Å². The van der Waals surface area contributed by atoms with Crippen molar-refractivity contribution < 1.29 is 23.9 Å². The minimum Gasteiger partial charge on any atom is -0.493 e. The SMILES string of the molecule is CCCCOc1ccc(CNC(=O)CN2C(=O)NC3(CCC(C)CC3)C2=O)cc1OC. The van der Waals surface area contributed by atoms with E-state index in [1.54, 1.807) is 7.11 Å². The highest BCUT2D eigenvalue weighted by molar-refractivity contribution is 6.09. The molecule has 8 nitrogen and oxygen atoms in total. The van der Waals surface area contributed by atoms with E-state index in [0.717, 1.165) is 36.1 Å². The van der Waals surface area contributed by atoms with Crippen molar-refractivity contribution in [3.8, 4) is 11.5 Å². The molecule has 2 N–H and O–H groups in total. The van der Waals surface area contributed by atoms with Crippen LogP contribution in [-0.4, -0.2) is 48.5 Å². The zero-order chi connectivity index (χ0) is 22.4. The number of nitrogens with zero attached hydrogens (tertiary/aromatic N) is 1. The van der Waals surface area contributed by atoms with Crippen molar-refractivity contribution >= 4 is 17.8 Å². The number of unbranched alkanes of at least 4 members (excludes halogenated alkanes) is 1. The second kappa shape index (κ2) is 10.0. The van der Waals surface area contributed by atoms with Gasteiger partial charge >= 0.3 is 6.03 Å². The summed E-state index contributed by atoms with van der Waals surface area (Å²) in [6, 6.07) is 5.01. The van der Waals surface area contributed by atoms with Crippen LogP contribution in [0.15, 0.2) is 18.2 Å². The molecule has 4 amide bonds. The molecule has 0 aromatic heterocycles. The van der Waals surface area contributed by atoms with Gasteiger partial charge in [-0.15, -0.1) is 0 Å². The van der Waals surface area contributed by atoms with Crippen LogP contribution in [0.5, 0.6) is 11.5 Å². The number of urea groups is 1. The summed E-state index contributed by atoms with van der Waals surface area (Å²) >= 11 is 0. The second-order valence-electron chi connectivity index (χ2n) is 8.55. The van der Waals surface area contributed by atoms with Crippen molar-refractivity contribution in [3.05, 3.63) is 23.8 Å². The number of carbonyl (C=O) groups excluding carboxylic acids is 3. The maximum absolute atomic E-state index is 12.9. The number of carbonyl (C=O) groups is 3. The van der Waals surface area contributed by atoms with E-state index >= 15 is 0 Å². The normalized spacial score (nSPS) is 23.1. The van der Waals surface area contributed by atoms with E-state index < -0.39 is 11.6 Å². The monoisotopic (exact) mass is 431 g/mol. The van der Waals surface area contributed by atoms with Crippen LogP contribution in [0.4, 0.5) is 4.79 Å². The van der Waals surface area contributed by atoms with Crippen LogP contribution in [0.2, 0.25) is 0 Å². The molecule has 1 heterocycles. The highest BCUT2D eigenvalue weighted by Gasteiger charge is 2.52. The zero-order valence-corrected chi connectivity index (χ0v) is 18.7. The van der Waals surface area contributed by atoms with Crippen molar-refractivity contribution in [1.82, 2.24) is 15.5 Å². The van der Waals surface area contributed by atoms with E-state index in [4.69, 9.17) is 9.47 Å². The Morgan fingerprint density at radius 1 is 1.26 bits per heavy atom. The molecule has 170 valence electrons. The minimum absolute atomic E-state index is 0.261. The minimum atomic E-state index is -0.829. The Morgan fingerprint density at radius 3 is 2.68 bits per heavy atom. The molecule has 0 radical (unpaired) electrons. The molecule has 0 unspecified atom stereocenters. The number of hydrogen-bond acceptors (Lipinski definition) is 5. The van der Waals surface area contributed by atoms with Gasteiger partial charge in [0.15, 0.2) is 11.5 Å². The Morgan fingerprint density at radius 2 is 2.00 bits per heavy atom. The van der Waals surface area contributed by atoms with Crippen LogP contribution in [0.1, 0.15) is 57.9 Å². The summed E-state index contributed by atoms with van der Waals surface area (Å²) in [4.78, 5) is 38.7. The van der Waals surface area contributed by atoms with Gasteiger partial charge in [-0.1, -0.05) is 26.3 Å². The number of rotatable bonds is 9. The fraction of sp³-hybridized carbons (Fsp3) is 0.609. The first-order valence-electron chi connectivity index (χ1n) is 11.1. The Hall–Kier alpha value is -2.77. The maximum atomic E-state index is 12.9. The average molecular weight is 432 g/mol. The van der Waals surface area contributed by atoms with Crippen LogP contribution >= 0.6 is 0 Å². The fourth-order valence-electron chi connectivity index (χ4n) is 4.08. The molecule has 2 aliphatic rings. The van der Waals surface area contributed by atoms with E-state index in [0.29, 0.717) is 36.9 Å². The average Bonchev–Trinajstić information content (AvgIpc) is 2.99. The van der Waals surface area contributed by atoms with E-state index in [1.807, 2.05) is 18.2 Å². The molecule has 31 heavy (non-hydrogen) atoms. The van der Waals surface area contributed by atoms with Gasteiger partial charge in [-0.2, -0.15) is 0 Å². The van der Waals surface area contributed by atoms with Gasteiger partial charge in [0.05, 0.1) is 13.7 Å².